The van der Waals surface area contributed by atoms with Crippen molar-refractivity contribution in [2.75, 3.05) is 20.1 Å². The lowest BCUT2D eigenvalue weighted by Gasteiger charge is -2.07. The van der Waals surface area contributed by atoms with Crippen LogP contribution in [-0.2, 0) is 10.0 Å². The number of halogens is 3. The molecule has 0 aliphatic carbocycles. The van der Waals surface area contributed by atoms with E-state index < -0.39 is 15.5 Å². The number of alkyl halides is 3. The predicted octanol–water partition coefficient (Wildman–Crippen LogP) is 0.183. The van der Waals surface area contributed by atoms with Crippen molar-refractivity contribution in [3.8, 4) is 0 Å². The van der Waals surface area contributed by atoms with Crippen molar-refractivity contribution in [3.63, 3.8) is 0 Å². The molecule has 0 bridgehead atoms. The van der Waals surface area contributed by atoms with Gasteiger partial charge in [-0.05, 0) is 0 Å². The molecule has 0 aromatic carbocycles. The molecule has 1 aliphatic heterocycles. The molecule has 0 radical (unpaired) electrons. The molecule has 0 atom stereocenters. The summed E-state index contributed by atoms with van der Waals surface area (Å²) < 4.78 is 50.8. The first kappa shape index (κ1) is 13.7. The van der Waals surface area contributed by atoms with Gasteiger partial charge in [-0.3, -0.25) is 0 Å². The van der Waals surface area contributed by atoms with Crippen LogP contribution in [0.25, 0.3) is 5.14 Å². The zero-order chi connectivity index (χ0) is 11.4. The second-order valence-corrected chi connectivity index (χ2v) is 4.58. The Morgan fingerprint density at radius 3 is 1.57 bits per heavy atom. The molecule has 0 aromatic rings. The SMILES string of the molecule is C[NH+]1CCCC1.[NH-]S(=O)(=O)C(F)(F)F. The summed E-state index contributed by atoms with van der Waals surface area (Å²) in [6, 6.07) is 0. The van der Waals surface area contributed by atoms with E-state index >= 15 is 0 Å². The Morgan fingerprint density at radius 2 is 1.50 bits per heavy atom. The molecule has 0 amide bonds. The largest absolute Gasteiger partial charge is 0.556 e. The first-order chi connectivity index (χ1) is 6.14. The zero-order valence-corrected chi connectivity index (χ0v) is 8.50. The van der Waals surface area contributed by atoms with Crippen LogP contribution in [0.4, 0.5) is 13.2 Å². The van der Waals surface area contributed by atoms with Crippen molar-refractivity contribution in [2.45, 2.75) is 18.3 Å². The molecule has 86 valence electrons. The van der Waals surface area contributed by atoms with Crippen molar-refractivity contribution < 1.29 is 26.5 Å². The fourth-order valence-electron chi connectivity index (χ4n) is 0.979. The topological polar surface area (TPSA) is 62.4 Å². The minimum atomic E-state index is -5.59. The van der Waals surface area contributed by atoms with Crippen LogP contribution in [0.3, 0.4) is 0 Å². The van der Waals surface area contributed by atoms with Gasteiger partial charge >= 0.3 is 5.51 Å². The van der Waals surface area contributed by atoms with Gasteiger partial charge < -0.3 is 10.0 Å². The van der Waals surface area contributed by atoms with Gasteiger partial charge in [-0.15, -0.1) is 0 Å². The zero-order valence-electron chi connectivity index (χ0n) is 7.69. The van der Waals surface area contributed by atoms with Crippen LogP contribution in [0.2, 0.25) is 0 Å². The number of quaternary nitrogens is 1. The van der Waals surface area contributed by atoms with Crippen molar-refractivity contribution in [2.24, 2.45) is 0 Å². The number of likely N-dealkylation sites (tertiary alicyclic amines) is 1. The van der Waals surface area contributed by atoms with E-state index in [1.54, 1.807) is 4.90 Å². The highest BCUT2D eigenvalue weighted by Gasteiger charge is 2.36. The van der Waals surface area contributed by atoms with Crippen LogP contribution in [0.1, 0.15) is 12.8 Å². The molecule has 1 heterocycles. The smallest absolute Gasteiger partial charge is 0.479 e. The van der Waals surface area contributed by atoms with Crippen molar-refractivity contribution in [1.82, 2.24) is 0 Å². The van der Waals surface area contributed by atoms with Crippen LogP contribution in [-0.4, -0.2) is 34.1 Å². The van der Waals surface area contributed by atoms with Gasteiger partial charge in [0.25, 0.3) is 0 Å². The van der Waals surface area contributed by atoms with Gasteiger partial charge in [-0.1, -0.05) is 0 Å². The molecule has 0 saturated carbocycles. The highest BCUT2D eigenvalue weighted by molar-refractivity contribution is 7.93. The van der Waals surface area contributed by atoms with Gasteiger partial charge in [0.15, 0.2) is 10.0 Å². The molecular weight excluding hydrogens is 221 g/mol. The number of hydrogen-bond donors (Lipinski definition) is 1. The van der Waals surface area contributed by atoms with E-state index in [9.17, 15) is 21.6 Å². The lowest BCUT2D eigenvalue weighted by molar-refractivity contribution is -0.866. The molecule has 14 heavy (non-hydrogen) atoms. The monoisotopic (exact) mass is 234 g/mol. The molecule has 1 rings (SSSR count). The van der Waals surface area contributed by atoms with Gasteiger partial charge in [0.2, 0.25) is 0 Å². The molecule has 2 N–H and O–H groups in total. The van der Waals surface area contributed by atoms with Crippen LogP contribution >= 0.6 is 0 Å². The Labute approximate surface area is 80.9 Å². The second kappa shape index (κ2) is 4.94. The van der Waals surface area contributed by atoms with E-state index in [0.717, 1.165) is 0 Å². The van der Waals surface area contributed by atoms with Crippen molar-refractivity contribution >= 4 is 10.0 Å². The van der Waals surface area contributed by atoms with E-state index in [1.165, 1.54) is 25.9 Å². The van der Waals surface area contributed by atoms with E-state index in [2.05, 4.69) is 7.05 Å². The fraction of sp³-hybridized carbons (Fsp3) is 1.00. The summed E-state index contributed by atoms with van der Waals surface area (Å²) in [5, 5.41) is 5.43. The predicted molar refractivity (Wildman–Crippen MR) is 45.2 cm³/mol. The maximum absolute atomic E-state index is 10.8. The van der Waals surface area contributed by atoms with Gasteiger partial charge in [-0.2, -0.15) is 13.2 Å². The Hall–Kier alpha value is -0.340. The first-order valence-electron chi connectivity index (χ1n) is 4.02. The Kier molecular flexibility index (Phi) is 4.82. The van der Waals surface area contributed by atoms with E-state index in [1.807, 2.05) is 0 Å². The maximum atomic E-state index is 10.8. The Bertz CT molecular complexity index is 257. The maximum Gasteiger partial charge on any atom is 0.479 e. The normalized spacial score (nSPS) is 18.9. The molecule has 1 fully saturated rings. The van der Waals surface area contributed by atoms with Crippen LogP contribution < -0.4 is 4.90 Å². The summed E-state index contributed by atoms with van der Waals surface area (Å²) >= 11 is 0. The summed E-state index contributed by atoms with van der Waals surface area (Å²) in [6.07, 6.45) is 2.90. The standard InChI is InChI=1S/C5H11N.CHF3NO2S/c1-6-4-2-3-5-6;2-1(3,4)8(5,6)7/h2-5H2,1H3;(H-,5,6,7)/q;-1/p+1. The Balaban J connectivity index is 0.000000249. The summed E-state index contributed by atoms with van der Waals surface area (Å²) in [5.41, 5.74) is -5.42. The van der Waals surface area contributed by atoms with Gasteiger partial charge in [0.05, 0.1) is 20.1 Å². The van der Waals surface area contributed by atoms with Gasteiger partial charge in [-0.25, -0.2) is 8.42 Å². The van der Waals surface area contributed by atoms with Crippen molar-refractivity contribution in [1.29, 1.82) is 0 Å². The van der Waals surface area contributed by atoms with E-state index in [4.69, 9.17) is 5.14 Å². The summed E-state index contributed by atoms with van der Waals surface area (Å²) in [7, 11) is -3.33. The molecule has 8 heteroatoms. The molecule has 0 spiro atoms. The lowest BCUT2D eigenvalue weighted by Crippen LogP contribution is -3.06. The second-order valence-electron chi connectivity index (χ2n) is 3.11. The fourth-order valence-corrected chi connectivity index (χ4v) is 0.979. The summed E-state index contributed by atoms with van der Waals surface area (Å²) in [4.78, 5) is 1.70. The number of sulfonamides is 1. The lowest BCUT2D eigenvalue weighted by atomic mass is 10.4. The minimum Gasteiger partial charge on any atom is -0.556 e. The van der Waals surface area contributed by atoms with Gasteiger partial charge in [0, 0.05) is 12.8 Å². The van der Waals surface area contributed by atoms with Crippen LogP contribution in [0.5, 0.6) is 0 Å². The quantitative estimate of drug-likeness (QED) is 0.650. The average molecular weight is 234 g/mol. The van der Waals surface area contributed by atoms with Crippen LogP contribution in [0, 0.1) is 0 Å². The molecular formula is C6H13F3N2O2S. The minimum absolute atomic E-state index is 1.40. The third kappa shape index (κ3) is 5.40. The molecule has 4 nitrogen and oxygen atoms in total. The highest BCUT2D eigenvalue weighted by Crippen LogP contribution is 2.22. The number of hydrogen-bond acceptors (Lipinski definition) is 2. The molecule has 1 saturated heterocycles. The third-order valence-corrected chi connectivity index (χ3v) is 2.37. The average Bonchev–Trinajstić information content (AvgIpc) is 2.35. The Morgan fingerprint density at radius 1 is 1.21 bits per heavy atom. The van der Waals surface area contributed by atoms with E-state index in [-0.39, 0.29) is 0 Å². The summed E-state index contributed by atoms with van der Waals surface area (Å²) in [6.45, 7) is 2.81. The van der Waals surface area contributed by atoms with Crippen LogP contribution in [0.15, 0.2) is 0 Å². The highest BCUT2D eigenvalue weighted by atomic mass is 32.2. The summed E-state index contributed by atoms with van der Waals surface area (Å²) in [5.74, 6) is 0. The first-order valence-corrected chi connectivity index (χ1v) is 5.50. The van der Waals surface area contributed by atoms with Crippen molar-refractivity contribution in [3.05, 3.63) is 5.14 Å². The number of nitrogens with one attached hydrogen (secondary N) is 2. The number of rotatable bonds is 0. The van der Waals surface area contributed by atoms with E-state index in [0.29, 0.717) is 0 Å². The molecule has 0 unspecified atom stereocenters. The molecule has 1 aliphatic rings. The van der Waals surface area contributed by atoms with Gasteiger partial charge in [0.1, 0.15) is 0 Å². The third-order valence-electron chi connectivity index (χ3n) is 1.76. The molecule has 0 aromatic heterocycles.